The van der Waals surface area contributed by atoms with Crippen molar-refractivity contribution in [1.82, 2.24) is 0 Å². The number of hydrogen-bond donors (Lipinski definition) is 0. The first-order chi connectivity index (χ1) is 8.34. The van der Waals surface area contributed by atoms with Gasteiger partial charge in [0.05, 0.1) is 6.10 Å². The standard InChI is InChI=1S/C14H24O3/c15-14(17-11-13-7-4-10-16-13)9-8-12-5-2-1-3-6-12/h12-13H,1-11H2. The van der Waals surface area contributed by atoms with Crippen LogP contribution in [-0.4, -0.2) is 25.3 Å². The molecule has 2 rings (SSSR count). The van der Waals surface area contributed by atoms with Gasteiger partial charge in [0, 0.05) is 13.0 Å². The number of rotatable bonds is 5. The van der Waals surface area contributed by atoms with Crippen molar-refractivity contribution in [2.45, 2.75) is 63.9 Å². The van der Waals surface area contributed by atoms with Gasteiger partial charge in [-0.1, -0.05) is 32.1 Å². The molecule has 3 heteroatoms. The second kappa shape index (κ2) is 7.00. The lowest BCUT2D eigenvalue weighted by Crippen LogP contribution is -2.18. The van der Waals surface area contributed by atoms with Crippen LogP contribution in [0.2, 0.25) is 0 Å². The summed E-state index contributed by atoms with van der Waals surface area (Å²) < 4.78 is 10.7. The summed E-state index contributed by atoms with van der Waals surface area (Å²) in [6, 6.07) is 0. The molecular weight excluding hydrogens is 216 g/mol. The highest BCUT2D eigenvalue weighted by molar-refractivity contribution is 5.69. The first-order valence-corrected chi connectivity index (χ1v) is 7.12. The predicted octanol–water partition coefficient (Wildman–Crippen LogP) is 3.07. The van der Waals surface area contributed by atoms with E-state index in [1.807, 2.05) is 0 Å². The maximum absolute atomic E-state index is 11.6. The van der Waals surface area contributed by atoms with Gasteiger partial charge in [0.15, 0.2) is 0 Å². The molecule has 0 aromatic heterocycles. The number of ether oxygens (including phenoxy) is 2. The van der Waals surface area contributed by atoms with E-state index < -0.39 is 0 Å². The largest absolute Gasteiger partial charge is 0.463 e. The second-order valence-electron chi connectivity index (χ2n) is 5.36. The highest BCUT2D eigenvalue weighted by atomic mass is 16.6. The van der Waals surface area contributed by atoms with E-state index in [-0.39, 0.29) is 12.1 Å². The van der Waals surface area contributed by atoms with Gasteiger partial charge >= 0.3 is 5.97 Å². The van der Waals surface area contributed by atoms with Crippen LogP contribution < -0.4 is 0 Å². The summed E-state index contributed by atoms with van der Waals surface area (Å²) in [4.78, 5) is 11.6. The molecule has 17 heavy (non-hydrogen) atoms. The number of esters is 1. The molecule has 2 fully saturated rings. The summed E-state index contributed by atoms with van der Waals surface area (Å²) in [5.74, 6) is 0.727. The molecule has 0 amide bonds. The summed E-state index contributed by atoms with van der Waals surface area (Å²) in [6.07, 6.45) is 10.6. The van der Waals surface area contributed by atoms with Gasteiger partial charge in [0.2, 0.25) is 0 Å². The summed E-state index contributed by atoms with van der Waals surface area (Å²) in [5, 5.41) is 0. The van der Waals surface area contributed by atoms with Crippen molar-refractivity contribution in [2.24, 2.45) is 5.92 Å². The van der Waals surface area contributed by atoms with Gasteiger partial charge in [-0.05, 0) is 25.2 Å². The normalized spacial score (nSPS) is 26.0. The molecular formula is C14H24O3. The fourth-order valence-corrected chi connectivity index (χ4v) is 2.83. The van der Waals surface area contributed by atoms with Gasteiger partial charge in [0.1, 0.15) is 6.61 Å². The third-order valence-electron chi connectivity index (χ3n) is 3.94. The van der Waals surface area contributed by atoms with Crippen molar-refractivity contribution in [3.63, 3.8) is 0 Å². The van der Waals surface area contributed by atoms with E-state index in [9.17, 15) is 4.79 Å². The van der Waals surface area contributed by atoms with Gasteiger partial charge in [0.25, 0.3) is 0 Å². The van der Waals surface area contributed by atoms with E-state index in [1.165, 1.54) is 32.1 Å². The minimum atomic E-state index is -0.0360. The van der Waals surface area contributed by atoms with E-state index in [2.05, 4.69) is 0 Å². The van der Waals surface area contributed by atoms with E-state index in [0.29, 0.717) is 13.0 Å². The first kappa shape index (κ1) is 12.9. The molecule has 0 spiro atoms. The molecule has 1 unspecified atom stereocenters. The van der Waals surface area contributed by atoms with Crippen molar-refractivity contribution >= 4 is 5.97 Å². The zero-order chi connectivity index (χ0) is 11.9. The Morgan fingerprint density at radius 3 is 2.65 bits per heavy atom. The fraction of sp³-hybridized carbons (Fsp3) is 0.929. The van der Waals surface area contributed by atoms with Crippen LogP contribution in [0, 0.1) is 5.92 Å². The summed E-state index contributed by atoms with van der Waals surface area (Å²) in [5.41, 5.74) is 0. The lowest BCUT2D eigenvalue weighted by molar-refractivity contribution is -0.147. The monoisotopic (exact) mass is 240 g/mol. The molecule has 1 heterocycles. The minimum Gasteiger partial charge on any atom is -0.463 e. The molecule has 0 bridgehead atoms. The summed E-state index contributed by atoms with van der Waals surface area (Å²) in [7, 11) is 0. The number of carbonyl (C=O) groups excluding carboxylic acids is 1. The molecule has 0 N–H and O–H groups in total. The van der Waals surface area contributed by atoms with Crippen LogP contribution in [0.1, 0.15) is 57.8 Å². The average molecular weight is 240 g/mol. The molecule has 3 nitrogen and oxygen atoms in total. The molecule has 1 saturated carbocycles. The zero-order valence-electron chi connectivity index (χ0n) is 10.7. The van der Waals surface area contributed by atoms with Gasteiger partial charge in [-0.2, -0.15) is 0 Å². The SMILES string of the molecule is O=C(CCC1CCCCC1)OCC1CCCO1. The van der Waals surface area contributed by atoms with Crippen molar-refractivity contribution in [1.29, 1.82) is 0 Å². The van der Waals surface area contributed by atoms with Crippen LogP contribution in [0.5, 0.6) is 0 Å². The molecule has 1 aliphatic carbocycles. The molecule has 2 aliphatic rings. The summed E-state index contributed by atoms with van der Waals surface area (Å²) >= 11 is 0. The van der Waals surface area contributed by atoms with E-state index in [0.717, 1.165) is 31.8 Å². The van der Waals surface area contributed by atoms with Gasteiger partial charge in [-0.25, -0.2) is 0 Å². The molecule has 0 aromatic rings. The van der Waals surface area contributed by atoms with Gasteiger partial charge in [-0.15, -0.1) is 0 Å². The lowest BCUT2D eigenvalue weighted by atomic mass is 9.86. The third-order valence-corrected chi connectivity index (χ3v) is 3.94. The Morgan fingerprint density at radius 2 is 1.94 bits per heavy atom. The van der Waals surface area contributed by atoms with E-state index >= 15 is 0 Å². The van der Waals surface area contributed by atoms with E-state index in [4.69, 9.17) is 9.47 Å². The fourth-order valence-electron chi connectivity index (χ4n) is 2.83. The predicted molar refractivity (Wildman–Crippen MR) is 65.7 cm³/mol. The van der Waals surface area contributed by atoms with Crippen LogP contribution in [-0.2, 0) is 14.3 Å². The Morgan fingerprint density at radius 1 is 1.12 bits per heavy atom. The maximum Gasteiger partial charge on any atom is 0.305 e. The average Bonchev–Trinajstić information content (AvgIpc) is 2.88. The molecule has 1 atom stereocenters. The zero-order valence-corrected chi connectivity index (χ0v) is 10.7. The highest BCUT2D eigenvalue weighted by Gasteiger charge is 2.19. The number of hydrogen-bond acceptors (Lipinski definition) is 3. The minimum absolute atomic E-state index is 0.0360. The lowest BCUT2D eigenvalue weighted by Gasteiger charge is -2.20. The van der Waals surface area contributed by atoms with Crippen molar-refractivity contribution in [3.05, 3.63) is 0 Å². The highest BCUT2D eigenvalue weighted by Crippen LogP contribution is 2.27. The quantitative estimate of drug-likeness (QED) is 0.693. The Balaban J connectivity index is 1.53. The molecule has 0 aromatic carbocycles. The van der Waals surface area contributed by atoms with Crippen LogP contribution in [0.15, 0.2) is 0 Å². The Hall–Kier alpha value is -0.570. The Kier molecular flexibility index (Phi) is 5.30. The van der Waals surface area contributed by atoms with Gasteiger partial charge in [-0.3, -0.25) is 4.79 Å². The Bertz CT molecular complexity index is 228. The molecule has 98 valence electrons. The van der Waals surface area contributed by atoms with Crippen LogP contribution in [0.25, 0.3) is 0 Å². The second-order valence-corrected chi connectivity index (χ2v) is 5.36. The van der Waals surface area contributed by atoms with Crippen molar-refractivity contribution < 1.29 is 14.3 Å². The van der Waals surface area contributed by atoms with Crippen LogP contribution >= 0.6 is 0 Å². The van der Waals surface area contributed by atoms with Crippen LogP contribution in [0.3, 0.4) is 0 Å². The number of carbonyl (C=O) groups is 1. The van der Waals surface area contributed by atoms with Crippen LogP contribution in [0.4, 0.5) is 0 Å². The molecule has 1 aliphatic heterocycles. The third kappa shape index (κ3) is 4.66. The van der Waals surface area contributed by atoms with Crippen molar-refractivity contribution in [2.75, 3.05) is 13.2 Å². The van der Waals surface area contributed by atoms with E-state index in [1.54, 1.807) is 0 Å². The topological polar surface area (TPSA) is 35.5 Å². The van der Waals surface area contributed by atoms with Gasteiger partial charge < -0.3 is 9.47 Å². The summed E-state index contributed by atoms with van der Waals surface area (Å²) in [6.45, 7) is 1.29. The Labute approximate surface area is 104 Å². The maximum atomic E-state index is 11.6. The molecule has 1 saturated heterocycles. The first-order valence-electron chi connectivity index (χ1n) is 7.12. The van der Waals surface area contributed by atoms with Crippen molar-refractivity contribution in [3.8, 4) is 0 Å². The smallest absolute Gasteiger partial charge is 0.305 e. The molecule has 0 radical (unpaired) electrons.